The van der Waals surface area contributed by atoms with Gasteiger partial charge in [-0.15, -0.1) is 0 Å². The lowest BCUT2D eigenvalue weighted by Crippen LogP contribution is -2.61. The summed E-state index contributed by atoms with van der Waals surface area (Å²) in [6.07, 6.45) is 0.886. The second kappa shape index (κ2) is 38.9. The second-order valence-corrected chi connectivity index (χ2v) is 25.4. The Balaban J connectivity index is 1.57. The summed E-state index contributed by atoms with van der Waals surface area (Å²) in [5.74, 6) is -10.7. The molecular formula is C65H96N14O13S. The van der Waals surface area contributed by atoms with Gasteiger partial charge >= 0.3 is 12.1 Å². The third kappa shape index (κ3) is 26.0. The number of primary amides is 1. The van der Waals surface area contributed by atoms with Crippen LogP contribution in [0.5, 0.6) is 0 Å². The normalized spacial score (nSPS) is 14.7. The maximum absolute atomic E-state index is 14.7. The van der Waals surface area contributed by atoms with Gasteiger partial charge in [-0.3, -0.25) is 52.9 Å². The van der Waals surface area contributed by atoms with Crippen LogP contribution in [0.4, 0.5) is 4.79 Å². The van der Waals surface area contributed by atoms with Crippen molar-refractivity contribution >= 4 is 82.9 Å². The first-order chi connectivity index (χ1) is 44.1. The highest BCUT2D eigenvalue weighted by Crippen LogP contribution is 2.37. The zero-order chi connectivity index (χ0) is 68.9. The molecule has 0 saturated carbocycles. The Morgan fingerprint density at radius 3 is 1.66 bits per heavy atom. The largest absolute Gasteiger partial charge is 0.481 e. The van der Waals surface area contributed by atoms with Crippen molar-refractivity contribution in [3.05, 3.63) is 89.5 Å². The van der Waals surface area contributed by atoms with Crippen LogP contribution in [0.25, 0.3) is 11.1 Å². The first-order valence-electron chi connectivity index (χ1n) is 31.7. The number of nitrogens with two attached hydrogens (primary N) is 4. The van der Waals surface area contributed by atoms with Crippen molar-refractivity contribution in [1.29, 1.82) is 0 Å². The van der Waals surface area contributed by atoms with Crippen LogP contribution in [-0.2, 0) is 65.7 Å². The molecule has 0 aliphatic heterocycles. The molecule has 18 N–H and O–H groups in total. The molecule has 0 bridgehead atoms. The Kier molecular flexibility index (Phi) is 32.1. The predicted molar refractivity (Wildman–Crippen MR) is 353 cm³/mol. The number of nitrogens with zero attached hydrogens (tertiary/aromatic N) is 1. The number of alkyl carbamates (subject to hydrolysis) is 1. The van der Waals surface area contributed by atoms with E-state index in [1.165, 1.54) is 5.56 Å². The molecule has 3 aromatic carbocycles. The Labute approximate surface area is 548 Å². The van der Waals surface area contributed by atoms with E-state index in [2.05, 4.69) is 65.0 Å². The summed E-state index contributed by atoms with van der Waals surface area (Å²) in [5.41, 5.74) is 27.6. The predicted octanol–water partition coefficient (Wildman–Crippen LogP) is 2.44. The van der Waals surface area contributed by atoms with Crippen molar-refractivity contribution in [2.45, 2.75) is 185 Å². The molecule has 0 spiro atoms. The molecule has 0 saturated heterocycles. The number of fused-ring (bicyclic) bond motifs is 3. The Hall–Kier alpha value is -8.79. The van der Waals surface area contributed by atoms with Crippen LogP contribution in [0.3, 0.4) is 0 Å². The molecule has 1 aliphatic carbocycles. The quantitative estimate of drug-likeness (QED) is 0.01000. The number of ether oxygens (including phenoxy) is 1. The second-order valence-electron chi connectivity index (χ2n) is 24.2. The van der Waals surface area contributed by atoms with Crippen LogP contribution in [0.1, 0.15) is 136 Å². The average Bonchev–Trinajstić information content (AvgIpc) is 1.69. The zero-order valence-electron chi connectivity index (χ0n) is 54.5. The van der Waals surface area contributed by atoms with E-state index in [1.807, 2.05) is 37.3 Å². The number of carbonyl (C=O) groups excluding carboxylic acids is 10. The molecule has 0 fully saturated rings. The van der Waals surface area contributed by atoms with Crippen LogP contribution >= 0.6 is 11.8 Å². The number of rotatable bonds is 40. The molecule has 10 atom stereocenters. The first kappa shape index (κ1) is 76.7. The van der Waals surface area contributed by atoms with Crippen LogP contribution in [-0.4, -0.2) is 144 Å². The molecule has 0 radical (unpaired) electrons. The fourth-order valence-electron chi connectivity index (χ4n) is 10.2. The molecule has 510 valence electrons. The molecule has 0 unspecified atom stereocenters. The van der Waals surface area contributed by atoms with E-state index in [9.17, 15) is 57.8 Å². The van der Waals surface area contributed by atoms with E-state index >= 15 is 0 Å². The number of benzene rings is 3. The van der Waals surface area contributed by atoms with Gasteiger partial charge in [-0.1, -0.05) is 141 Å². The van der Waals surface area contributed by atoms with Crippen LogP contribution < -0.4 is 70.8 Å². The van der Waals surface area contributed by atoms with Gasteiger partial charge < -0.3 is 80.6 Å². The molecule has 10 amide bonds. The number of nitrogens with one attached hydrogen (secondary N) is 9. The lowest BCUT2D eigenvalue weighted by atomic mass is 9.96. The Morgan fingerprint density at radius 2 is 1.08 bits per heavy atom. The summed E-state index contributed by atoms with van der Waals surface area (Å²) in [6, 6.07) is 13.1. The maximum Gasteiger partial charge on any atom is 0.408 e. The number of hydrogen-bond donors (Lipinski definition) is 14. The molecule has 4 rings (SSSR count). The van der Waals surface area contributed by atoms with Gasteiger partial charge in [-0.2, -0.15) is 0 Å². The van der Waals surface area contributed by atoms with Gasteiger partial charge in [0.05, 0.1) is 13.0 Å². The van der Waals surface area contributed by atoms with Crippen molar-refractivity contribution in [1.82, 2.24) is 47.9 Å². The molecule has 93 heavy (non-hydrogen) atoms. The third-order valence-corrected chi connectivity index (χ3v) is 16.7. The van der Waals surface area contributed by atoms with Gasteiger partial charge in [0.2, 0.25) is 47.3 Å². The number of carboxylic acid groups (broad SMARTS) is 1. The zero-order valence-corrected chi connectivity index (χ0v) is 55.3. The Bertz CT molecular complexity index is 3070. The molecule has 3 aromatic rings. The van der Waals surface area contributed by atoms with Crippen LogP contribution in [0.15, 0.2) is 82.7 Å². The van der Waals surface area contributed by atoms with E-state index < -0.39 is 138 Å². The van der Waals surface area contributed by atoms with Crippen molar-refractivity contribution in [2.24, 2.45) is 51.6 Å². The van der Waals surface area contributed by atoms with Gasteiger partial charge in [-0.05, 0) is 122 Å². The number of carbonyl (C=O) groups is 11. The fraction of sp³-hybridized carbons (Fsp3) is 0.538. The highest BCUT2D eigenvalue weighted by atomic mass is 32.2. The smallest absolute Gasteiger partial charge is 0.408 e. The molecular weight excluding hydrogens is 1220 g/mol. The fourth-order valence-corrected chi connectivity index (χ4v) is 11.1. The summed E-state index contributed by atoms with van der Waals surface area (Å²) in [4.78, 5) is 155. The van der Waals surface area contributed by atoms with E-state index in [0.717, 1.165) is 40.4 Å². The summed E-state index contributed by atoms with van der Waals surface area (Å²) >= 11 is 0.914. The number of thioether (sulfide) groups is 1. The molecule has 0 aromatic heterocycles. The van der Waals surface area contributed by atoms with Crippen molar-refractivity contribution in [2.75, 3.05) is 19.6 Å². The number of hydrogen-bond acceptors (Lipinski definition) is 15. The average molecular weight is 1310 g/mol. The molecule has 0 heterocycles. The number of amides is 10. The van der Waals surface area contributed by atoms with Crippen molar-refractivity contribution < 1.29 is 62.6 Å². The van der Waals surface area contributed by atoms with E-state index in [-0.39, 0.29) is 69.6 Å². The molecule has 28 heteroatoms. The number of aliphatic carboxylic acids is 1. The topological polar surface area (TPSA) is 442 Å². The van der Waals surface area contributed by atoms with Gasteiger partial charge in [0, 0.05) is 11.4 Å². The number of carboxylic acids is 1. The lowest BCUT2D eigenvalue weighted by Gasteiger charge is -2.30. The van der Waals surface area contributed by atoms with Crippen LogP contribution in [0, 0.1) is 23.7 Å². The van der Waals surface area contributed by atoms with Gasteiger partial charge in [0.15, 0.2) is 11.3 Å². The van der Waals surface area contributed by atoms with E-state index in [0.29, 0.717) is 30.6 Å². The molecule has 27 nitrogen and oxygen atoms in total. The SMILES string of the molecule is CC[C@H](C)[C@H](NC(=O)OCc1ccc2c(c1)Cc1ccccc1-2)C(=O)N[C@@H](CCCN=C(N)N)C(=O)N[C@@H](CCCCN)C(=O)N[C@H](C(=O)N[C@@H](CC(C)C)C(=O)N[C@@H](Sc1ccccc1)C(=O)N[C@@H](CC(C)C)C(=O)N[C@@H](CC(=O)O)C(=O)NCC(N)=O)[C@@H](C)CC. The molecule has 1 aliphatic rings. The number of unbranched alkanes of at least 4 members (excludes halogenated alkanes) is 1. The standard InChI is InChI=1S/C65H96N14O13S/c1-9-38(7)53(60(88)75-49(30-37(5)6)59(87)79-63(93-43-20-12-11-13-21-43)62(90)76-48(29-36(3)4)58(86)74-50(33-52(81)82)55(83)71-34-51(67)80)77-57(85)46(23-16-17-27-66)72-56(84)47(24-18-28-70-64(68)69)73-61(89)54(39(8)10-2)78-65(91)92-35-40-25-26-45-42(31-40)32-41-19-14-15-22-44(41)45/h11-15,19-22,25-26,31,36-39,46-50,53-54,63H,9-10,16-18,23-24,27-30,32-35,66H2,1-8H3,(H2,67,80)(H,71,83)(H,72,84)(H,73,89)(H,74,86)(H,75,88)(H,76,90)(H,77,85)(H,78,91)(H,79,87)(H,81,82)(H4,68,69,70)/t38-,39-,46-,47-,48-,49-,50-,53-,54-,63-/m0/s1. The summed E-state index contributed by atoms with van der Waals surface area (Å²) in [7, 11) is 0. The minimum absolute atomic E-state index is 0.00842. The van der Waals surface area contributed by atoms with E-state index in [4.69, 9.17) is 27.7 Å². The van der Waals surface area contributed by atoms with Crippen molar-refractivity contribution in [3.8, 4) is 11.1 Å². The number of guanidine groups is 1. The third-order valence-electron chi connectivity index (χ3n) is 15.6. The summed E-state index contributed by atoms with van der Waals surface area (Å²) < 4.78 is 5.64. The first-order valence-corrected chi connectivity index (χ1v) is 32.5. The van der Waals surface area contributed by atoms with Crippen molar-refractivity contribution in [3.63, 3.8) is 0 Å². The van der Waals surface area contributed by atoms with Gasteiger partial charge in [-0.25, -0.2) is 4.79 Å². The lowest BCUT2D eigenvalue weighted by molar-refractivity contribution is -0.141. The van der Waals surface area contributed by atoms with E-state index in [1.54, 1.807) is 78.8 Å². The monoisotopic (exact) mass is 1310 g/mol. The minimum atomic E-state index is -1.67. The van der Waals surface area contributed by atoms with Gasteiger partial charge in [0.1, 0.15) is 48.9 Å². The highest BCUT2D eigenvalue weighted by molar-refractivity contribution is 8.00. The Morgan fingerprint density at radius 1 is 0.559 bits per heavy atom. The van der Waals surface area contributed by atoms with Gasteiger partial charge in [0.25, 0.3) is 5.91 Å². The maximum atomic E-state index is 14.7. The highest BCUT2D eigenvalue weighted by Gasteiger charge is 2.38. The summed E-state index contributed by atoms with van der Waals surface area (Å²) in [6.45, 7) is 13.9. The number of aliphatic imine (C=N–C) groups is 1. The van der Waals surface area contributed by atoms with Crippen LogP contribution in [0.2, 0.25) is 0 Å². The summed E-state index contributed by atoms with van der Waals surface area (Å²) in [5, 5.41) is 31.9. The minimum Gasteiger partial charge on any atom is -0.481 e.